The largest absolute Gasteiger partial charge is 0.371 e. The van der Waals surface area contributed by atoms with Gasteiger partial charge in [0.05, 0.1) is 6.04 Å². The molecule has 6 heteroatoms. The molecule has 3 rings (SSSR count). The van der Waals surface area contributed by atoms with E-state index >= 15 is 0 Å². The van der Waals surface area contributed by atoms with Gasteiger partial charge in [0.1, 0.15) is 0 Å². The fraction of sp³-hybridized carbons (Fsp3) is 0.391. The Balaban J connectivity index is 1.46. The summed E-state index contributed by atoms with van der Waals surface area (Å²) < 4.78 is 0. The number of nitrogens with two attached hydrogens (primary N) is 1. The normalized spacial score (nSPS) is 15.6. The Morgan fingerprint density at radius 3 is 2.52 bits per heavy atom. The lowest BCUT2D eigenvalue weighted by Crippen LogP contribution is -2.46. The molecule has 1 aliphatic heterocycles. The van der Waals surface area contributed by atoms with Gasteiger partial charge in [0, 0.05) is 36.9 Å². The highest BCUT2D eigenvalue weighted by atomic mass is 16.2. The van der Waals surface area contributed by atoms with Gasteiger partial charge >= 0.3 is 0 Å². The molecule has 1 aliphatic rings. The number of nitrogens with one attached hydrogen (secondary N) is 2. The molecule has 1 saturated heterocycles. The SMILES string of the molecule is CC(CC(=O)Nc1cccc(N2CCCC2)c1)NC(=O)C(N)Cc1ccccc1. The van der Waals surface area contributed by atoms with Gasteiger partial charge in [-0.15, -0.1) is 0 Å². The molecule has 154 valence electrons. The zero-order valence-electron chi connectivity index (χ0n) is 16.9. The van der Waals surface area contributed by atoms with Crippen molar-refractivity contribution in [1.82, 2.24) is 5.32 Å². The van der Waals surface area contributed by atoms with Crippen LogP contribution in [-0.4, -0.2) is 37.0 Å². The Kier molecular flexibility index (Phi) is 7.25. The molecule has 4 N–H and O–H groups in total. The van der Waals surface area contributed by atoms with Crippen molar-refractivity contribution >= 4 is 23.2 Å². The fourth-order valence-electron chi connectivity index (χ4n) is 3.61. The maximum atomic E-state index is 12.4. The Morgan fingerprint density at radius 2 is 1.79 bits per heavy atom. The summed E-state index contributed by atoms with van der Waals surface area (Å²) in [7, 11) is 0. The van der Waals surface area contributed by atoms with E-state index in [-0.39, 0.29) is 24.3 Å². The van der Waals surface area contributed by atoms with Crippen molar-refractivity contribution in [2.75, 3.05) is 23.3 Å². The van der Waals surface area contributed by atoms with E-state index in [2.05, 4.69) is 21.6 Å². The van der Waals surface area contributed by atoms with Crippen molar-refractivity contribution in [3.05, 3.63) is 60.2 Å². The Morgan fingerprint density at radius 1 is 1.07 bits per heavy atom. The highest BCUT2D eigenvalue weighted by molar-refractivity contribution is 5.92. The highest BCUT2D eigenvalue weighted by Crippen LogP contribution is 2.23. The average Bonchev–Trinajstić information content (AvgIpc) is 3.23. The molecular formula is C23H30N4O2. The molecule has 29 heavy (non-hydrogen) atoms. The van der Waals surface area contributed by atoms with Crippen molar-refractivity contribution in [2.24, 2.45) is 5.73 Å². The number of nitrogens with zero attached hydrogens (tertiary/aromatic N) is 1. The van der Waals surface area contributed by atoms with Crippen LogP contribution in [0.3, 0.4) is 0 Å². The molecule has 2 aromatic carbocycles. The Hall–Kier alpha value is -2.86. The molecule has 0 aliphatic carbocycles. The Bertz CT molecular complexity index is 819. The van der Waals surface area contributed by atoms with Crippen molar-refractivity contribution in [2.45, 2.75) is 44.7 Å². The first-order chi connectivity index (χ1) is 14.0. The predicted molar refractivity (Wildman–Crippen MR) is 117 cm³/mol. The van der Waals surface area contributed by atoms with Crippen molar-refractivity contribution in [3.63, 3.8) is 0 Å². The molecule has 6 nitrogen and oxygen atoms in total. The van der Waals surface area contributed by atoms with Crippen LogP contribution >= 0.6 is 0 Å². The lowest BCUT2D eigenvalue weighted by molar-refractivity contribution is -0.123. The second kappa shape index (κ2) is 10.1. The summed E-state index contributed by atoms with van der Waals surface area (Å²) >= 11 is 0. The fourth-order valence-corrected chi connectivity index (χ4v) is 3.61. The first-order valence-corrected chi connectivity index (χ1v) is 10.3. The average molecular weight is 395 g/mol. The van der Waals surface area contributed by atoms with Crippen molar-refractivity contribution < 1.29 is 9.59 Å². The number of hydrogen-bond donors (Lipinski definition) is 3. The maximum Gasteiger partial charge on any atom is 0.237 e. The number of benzene rings is 2. The zero-order chi connectivity index (χ0) is 20.6. The van der Waals surface area contributed by atoms with E-state index < -0.39 is 6.04 Å². The van der Waals surface area contributed by atoms with Gasteiger partial charge in [0.25, 0.3) is 0 Å². The number of carbonyl (C=O) groups excluding carboxylic acids is 2. The molecule has 1 fully saturated rings. The van der Waals surface area contributed by atoms with Gasteiger partial charge in [-0.3, -0.25) is 9.59 Å². The third kappa shape index (κ3) is 6.32. The maximum absolute atomic E-state index is 12.4. The molecular weight excluding hydrogens is 364 g/mol. The van der Waals surface area contributed by atoms with Gasteiger partial charge in [-0.25, -0.2) is 0 Å². The summed E-state index contributed by atoms with van der Waals surface area (Å²) in [4.78, 5) is 27.0. The van der Waals surface area contributed by atoms with Crippen LogP contribution < -0.4 is 21.3 Å². The monoisotopic (exact) mass is 394 g/mol. The lowest BCUT2D eigenvalue weighted by atomic mass is 10.1. The number of rotatable bonds is 8. The quantitative estimate of drug-likeness (QED) is 0.642. The lowest BCUT2D eigenvalue weighted by Gasteiger charge is -2.19. The second-order valence-corrected chi connectivity index (χ2v) is 7.70. The van der Waals surface area contributed by atoms with Gasteiger partial charge in [0.15, 0.2) is 0 Å². The smallest absolute Gasteiger partial charge is 0.237 e. The van der Waals surface area contributed by atoms with E-state index in [1.165, 1.54) is 12.8 Å². The van der Waals surface area contributed by atoms with E-state index in [1.54, 1.807) is 0 Å². The summed E-state index contributed by atoms with van der Waals surface area (Å²) in [6.45, 7) is 3.93. The molecule has 2 atom stereocenters. The molecule has 0 bridgehead atoms. The molecule has 2 amide bonds. The zero-order valence-corrected chi connectivity index (χ0v) is 16.9. The van der Waals surface area contributed by atoms with Crippen LogP contribution in [0.15, 0.2) is 54.6 Å². The summed E-state index contributed by atoms with van der Waals surface area (Å²) in [6, 6.07) is 16.6. The van der Waals surface area contributed by atoms with Crippen LogP contribution in [0.5, 0.6) is 0 Å². The van der Waals surface area contributed by atoms with Crippen LogP contribution in [0.4, 0.5) is 11.4 Å². The number of hydrogen-bond acceptors (Lipinski definition) is 4. The van der Waals surface area contributed by atoms with E-state index in [9.17, 15) is 9.59 Å². The van der Waals surface area contributed by atoms with Gasteiger partial charge in [-0.1, -0.05) is 36.4 Å². The molecule has 0 saturated carbocycles. The summed E-state index contributed by atoms with van der Waals surface area (Å²) in [5.74, 6) is -0.377. The number of carbonyl (C=O) groups is 2. The van der Waals surface area contributed by atoms with Crippen LogP contribution in [0, 0.1) is 0 Å². The van der Waals surface area contributed by atoms with Gasteiger partial charge in [-0.05, 0) is 49.9 Å². The first-order valence-electron chi connectivity index (χ1n) is 10.3. The van der Waals surface area contributed by atoms with Crippen LogP contribution in [0.1, 0.15) is 31.7 Å². The predicted octanol–water partition coefficient (Wildman–Crippen LogP) is 2.69. The van der Waals surface area contributed by atoms with E-state index in [1.807, 2.05) is 55.5 Å². The van der Waals surface area contributed by atoms with E-state index in [0.29, 0.717) is 6.42 Å². The molecule has 0 spiro atoms. The van der Waals surface area contributed by atoms with Gasteiger partial charge < -0.3 is 21.3 Å². The molecule has 0 radical (unpaired) electrons. The standard InChI is InChI=1S/C23H30N4O2/c1-17(25-23(29)21(24)15-18-8-3-2-4-9-18)14-22(28)26-19-10-7-11-20(16-19)27-12-5-6-13-27/h2-4,7-11,16-17,21H,5-6,12-15,24H2,1H3,(H,25,29)(H,26,28). The van der Waals surface area contributed by atoms with Crippen molar-refractivity contribution in [1.29, 1.82) is 0 Å². The minimum absolute atomic E-state index is 0.131. The summed E-state index contributed by atoms with van der Waals surface area (Å²) in [5, 5.41) is 5.77. The summed E-state index contributed by atoms with van der Waals surface area (Å²) in [5.41, 5.74) is 8.93. The minimum Gasteiger partial charge on any atom is -0.371 e. The highest BCUT2D eigenvalue weighted by Gasteiger charge is 2.18. The second-order valence-electron chi connectivity index (χ2n) is 7.70. The van der Waals surface area contributed by atoms with Gasteiger partial charge in [0.2, 0.25) is 11.8 Å². The Labute approximate surface area is 172 Å². The van der Waals surface area contributed by atoms with Crippen LogP contribution in [0.25, 0.3) is 0 Å². The molecule has 0 aromatic heterocycles. The molecule has 2 unspecified atom stereocenters. The van der Waals surface area contributed by atoms with Crippen LogP contribution in [-0.2, 0) is 16.0 Å². The third-order valence-electron chi connectivity index (χ3n) is 5.12. The number of amides is 2. The molecule has 1 heterocycles. The van der Waals surface area contributed by atoms with Gasteiger partial charge in [-0.2, -0.15) is 0 Å². The van der Waals surface area contributed by atoms with E-state index in [4.69, 9.17) is 5.73 Å². The van der Waals surface area contributed by atoms with Crippen LogP contribution in [0.2, 0.25) is 0 Å². The summed E-state index contributed by atoms with van der Waals surface area (Å²) in [6.07, 6.45) is 3.08. The molecule has 2 aromatic rings. The first kappa shape index (κ1) is 20.9. The van der Waals surface area contributed by atoms with Crippen molar-refractivity contribution in [3.8, 4) is 0 Å². The third-order valence-corrected chi connectivity index (χ3v) is 5.12. The topological polar surface area (TPSA) is 87.5 Å². The van der Waals surface area contributed by atoms with E-state index in [0.717, 1.165) is 30.0 Å². The number of anilines is 2. The minimum atomic E-state index is -0.639.